The van der Waals surface area contributed by atoms with Gasteiger partial charge < -0.3 is 10.1 Å². The van der Waals surface area contributed by atoms with Gasteiger partial charge in [-0.15, -0.1) is 0 Å². The van der Waals surface area contributed by atoms with E-state index in [1.807, 2.05) is 12.1 Å². The van der Waals surface area contributed by atoms with Crippen molar-refractivity contribution in [2.45, 2.75) is 31.1 Å². The molecule has 0 unspecified atom stereocenters. The molecule has 3 rings (SSSR count). The minimum Gasteiger partial charge on any atom is -0.381 e. The summed E-state index contributed by atoms with van der Waals surface area (Å²) < 4.78 is 5.57. The van der Waals surface area contributed by atoms with Gasteiger partial charge in [0.25, 0.3) is 0 Å². The number of carbonyl (C=O) groups excluding carboxylic acids is 1. The number of carbonyl (C=O) groups is 1. The van der Waals surface area contributed by atoms with Crippen molar-refractivity contribution in [1.82, 2.24) is 10.2 Å². The number of likely N-dealkylation sites (tertiary alicyclic amines) is 1. The lowest BCUT2D eigenvalue weighted by atomic mass is 9.74. The fourth-order valence-corrected chi connectivity index (χ4v) is 4.25. The third-order valence-corrected chi connectivity index (χ3v) is 5.71. The summed E-state index contributed by atoms with van der Waals surface area (Å²) in [5.74, 6) is 0.375. The first-order chi connectivity index (χ1) is 11.6. The highest BCUT2D eigenvalue weighted by Gasteiger charge is 2.36. The lowest BCUT2D eigenvalue weighted by molar-refractivity contribution is -0.121. The molecule has 24 heavy (non-hydrogen) atoms. The average molecular weight is 371 g/mol. The van der Waals surface area contributed by atoms with Crippen LogP contribution in [0, 0.1) is 0 Å². The standard InChI is InChI=1S/C18H24Cl2N2O2/c19-14-1-2-16(17(20)11-14)18(5-9-24-10-6-18)12-21-13-22-7-3-15(23)4-8-22/h1-2,11,21H,3-10,12-13H2. The van der Waals surface area contributed by atoms with Crippen LogP contribution in [-0.4, -0.2) is 50.2 Å². The molecule has 2 aliphatic rings. The first-order valence-corrected chi connectivity index (χ1v) is 9.33. The molecule has 0 bridgehead atoms. The molecule has 0 saturated carbocycles. The Labute approximate surface area is 153 Å². The van der Waals surface area contributed by atoms with Gasteiger partial charge in [-0.05, 0) is 30.5 Å². The summed E-state index contributed by atoms with van der Waals surface area (Å²) in [6.45, 7) is 4.86. The van der Waals surface area contributed by atoms with E-state index in [4.69, 9.17) is 27.9 Å². The predicted molar refractivity (Wildman–Crippen MR) is 96.9 cm³/mol. The van der Waals surface area contributed by atoms with Crippen LogP contribution in [0.2, 0.25) is 10.0 Å². The average Bonchev–Trinajstić information content (AvgIpc) is 2.57. The fraction of sp³-hybridized carbons (Fsp3) is 0.611. The van der Waals surface area contributed by atoms with E-state index in [1.54, 1.807) is 0 Å². The highest BCUT2D eigenvalue weighted by Crippen LogP contribution is 2.39. The zero-order chi connectivity index (χ0) is 17.0. The van der Waals surface area contributed by atoms with Crippen molar-refractivity contribution in [1.29, 1.82) is 0 Å². The number of halogens is 2. The fourth-order valence-electron chi connectivity index (χ4n) is 3.64. The van der Waals surface area contributed by atoms with E-state index < -0.39 is 0 Å². The van der Waals surface area contributed by atoms with Gasteiger partial charge in [-0.3, -0.25) is 9.69 Å². The van der Waals surface area contributed by atoms with Crippen molar-refractivity contribution >= 4 is 29.0 Å². The van der Waals surface area contributed by atoms with Crippen LogP contribution in [-0.2, 0) is 14.9 Å². The Morgan fingerprint density at radius 3 is 2.54 bits per heavy atom. The maximum absolute atomic E-state index is 11.3. The monoisotopic (exact) mass is 370 g/mol. The summed E-state index contributed by atoms with van der Waals surface area (Å²) in [5.41, 5.74) is 1.13. The van der Waals surface area contributed by atoms with Gasteiger partial charge in [0.15, 0.2) is 0 Å². The van der Waals surface area contributed by atoms with Crippen LogP contribution in [0.4, 0.5) is 0 Å². The summed E-state index contributed by atoms with van der Waals surface area (Å²) in [6, 6.07) is 5.79. The van der Waals surface area contributed by atoms with Crippen molar-refractivity contribution in [3.63, 3.8) is 0 Å². The SMILES string of the molecule is O=C1CCN(CNCC2(c3ccc(Cl)cc3Cl)CCOCC2)CC1. The normalized spacial score (nSPS) is 21.8. The van der Waals surface area contributed by atoms with Crippen molar-refractivity contribution in [2.75, 3.05) is 39.5 Å². The van der Waals surface area contributed by atoms with Gasteiger partial charge in [0, 0.05) is 67.8 Å². The van der Waals surface area contributed by atoms with Gasteiger partial charge in [-0.2, -0.15) is 0 Å². The van der Waals surface area contributed by atoms with Gasteiger partial charge in [-0.25, -0.2) is 0 Å². The van der Waals surface area contributed by atoms with Gasteiger partial charge in [-0.1, -0.05) is 29.3 Å². The molecule has 0 aliphatic carbocycles. The maximum atomic E-state index is 11.3. The molecule has 1 aromatic rings. The molecule has 0 amide bonds. The first-order valence-electron chi connectivity index (χ1n) is 8.57. The summed E-state index contributed by atoms with van der Waals surface area (Å²) in [7, 11) is 0. The molecule has 2 aliphatic heterocycles. The van der Waals surface area contributed by atoms with Gasteiger partial charge >= 0.3 is 0 Å². The second-order valence-electron chi connectivity index (χ2n) is 6.76. The lowest BCUT2D eigenvalue weighted by Gasteiger charge is -2.39. The Morgan fingerprint density at radius 1 is 1.17 bits per heavy atom. The van der Waals surface area contributed by atoms with E-state index >= 15 is 0 Å². The summed E-state index contributed by atoms with van der Waals surface area (Å²) in [4.78, 5) is 13.6. The lowest BCUT2D eigenvalue weighted by Crippen LogP contribution is -2.47. The van der Waals surface area contributed by atoms with Crippen LogP contribution in [0.3, 0.4) is 0 Å². The number of Topliss-reactive ketones (excluding diaryl/α,β-unsaturated/α-hetero) is 1. The van der Waals surface area contributed by atoms with Crippen LogP contribution in [0.15, 0.2) is 18.2 Å². The van der Waals surface area contributed by atoms with Crippen molar-refractivity contribution < 1.29 is 9.53 Å². The second kappa shape index (κ2) is 8.15. The van der Waals surface area contributed by atoms with Crippen LogP contribution in [0.5, 0.6) is 0 Å². The molecule has 2 saturated heterocycles. The molecule has 0 spiro atoms. The van der Waals surface area contributed by atoms with Crippen molar-refractivity contribution in [3.05, 3.63) is 33.8 Å². The maximum Gasteiger partial charge on any atom is 0.135 e. The molecule has 0 aromatic heterocycles. The minimum absolute atomic E-state index is 0.0223. The molecule has 4 nitrogen and oxygen atoms in total. The van der Waals surface area contributed by atoms with E-state index in [1.165, 1.54) is 0 Å². The molecule has 2 fully saturated rings. The zero-order valence-electron chi connectivity index (χ0n) is 13.8. The van der Waals surface area contributed by atoms with Crippen molar-refractivity contribution in [2.24, 2.45) is 0 Å². The molecule has 132 valence electrons. The van der Waals surface area contributed by atoms with E-state index in [0.29, 0.717) is 23.6 Å². The number of hydrogen-bond donors (Lipinski definition) is 1. The predicted octanol–water partition coefficient (Wildman–Crippen LogP) is 3.25. The van der Waals surface area contributed by atoms with Crippen LogP contribution >= 0.6 is 23.2 Å². The zero-order valence-corrected chi connectivity index (χ0v) is 15.3. The second-order valence-corrected chi connectivity index (χ2v) is 7.60. The van der Waals surface area contributed by atoms with Crippen LogP contribution < -0.4 is 5.32 Å². The van der Waals surface area contributed by atoms with Gasteiger partial charge in [0.05, 0.1) is 0 Å². The Bertz CT molecular complexity index is 578. The Morgan fingerprint density at radius 2 is 1.88 bits per heavy atom. The van der Waals surface area contributed by atoms with E-state index in [2.05, 4.69) is 16.3 Å². The largest absolute Gasteiger partial charge is 0.381 e. The minimum atomic E-state index is -0.0223. The number of hydrogen-bond acceptors (Lipinski definition) is 4. The molecular formula is C18H24Cl2N2O2. The quantitative estimate of drug-likeness (QED) is 0.863. The number of ether oxygens (including phenoxy) is 1. The molecular weight excluding hydrogens is 347 g/mol. The summed E-state index contributed by atoms with van der Waals surface area (Å²) in [5, 5.41) is 4.98. The molecule has 6 heteroatoms. The molecule has 0 atom stereocenters. The van der Waals surface area contributed by atoms with Crippen LogP contribution in [0.25, 0.3) is 0 Å². The third kappa shape index (κ3) is 4.30. The number of piperidine rings is 1. The van der Waals surface area contributed by atoms with Gasteiger partial charge in [0.1, 0.15) is 5.78 Å². The third-order valence-electron chi connectivity index (χ3n) is 5.16. The van der Waals surface area contributed by atoms with Crippen LogP contribution in [0.1, 0.15) is 31.2 Å². The Kier molecular flexibility index (Phi) is 6.17. The highest BCUT2D eigenvalue weighted by atomic mass is 35.5. The number of nitrogens with zero attached hydrogens (tertiary/aromatic N) is 1. The summed E-state index contributed by atoms with van der Waals surface area (Å²) >= 11 is 12.6. The molecule has 2 heterocycles. The highest BCUT2D eigenvalue weighted by molar-refractivity contribution is 6.35. The van der Waals surface area contributed by atoms with Gasteiger partial charge in [0.2, 0.25) is 0 Å². The van der Waals surface area contributed by atoms with E-state index in [9.17, 15) is 4.79 Å². The topological polar surface area (TPSA) is 41.6 Å². The number of ketones is 1. The molecule has 0 radical (unpaired) electrons. The summed E-state index contributed by atoms with van der Waals surface area (Å²) in [6.07, 6.45) is 3.23. The number of rotatable bonds is 5. The smallest absolute Gasteiger partial charge is 0.135 e. The first kappa shape index (κ1) is 18.2. The Balaban J connectivity index is 1.66. The number of benzene rings is 1. The Hall–Kier alpha value is -0.650. The molecule has 1 aromatic carbocycles. The number of nitrogens with one attached hydrogen (secondary N) is 1. The van der Waals surface area contributed by atoms with E-state index in [-0.39, 0.29) is 5.41 Å². The van der Waals surface area contributed by atoms with Crippen molar-refractivity contribution in [3.8, 4) is 0 Å². The molecule has 1 N–H and O–H groups in total. The van der Waals surface area contributed by atoms with E-state index in [0.717, 1.165) is 62.9 Å².